The lowest BCUT2D eigenvalue weighted by atomic mass is 10.0. The van der Waals surface area contributed by atoms with Crippen LogP contribution < -0.4 is 9.80 Å². The van der Waals surface area contributed by atoms with Crippen molar-refractivity contribution in [2.24, 2.45) is 0 Å². The molecule has 1 fully saturated rings. The molecule has 0 radical (unpaired) electrons. The van der Waals surface area contributed by atoms with Crippen LogP contribution in [0.15, 0.2) is 48.5 Å². The average Bonchev–Trinajstić information content (AvgIpc) is 2.87. The van der Waals surface area contributed by atoms with Crippen LogP contribution in [0.2, 0.25) is 38.8 Å². The number of rotatable bonds is 14. The van der Waals surface area contributed by atoms with Crippen LogP contribution in [0, 0.1) is 11.3 Å². The summed E-state index contributed by atoms with van der Waals surface area (Å²) >= 11 is 0. The molecule has 2 aromatic carbocycles. The van der Waals surface area contributed by atoms with Gasteiger partial charge in [-0.05, 0) is 93.6 Å². The summed E-state index contributed by atoms with van der Waals surface area (Å²) in [6.07, 6.45) is 10.7. The maximum Gasteiger partial charge on any atom is 0.173 e. The highest BCUT2D eigenvalue weighted by Crippen LogP contribution is 2.23. The Morgan fingerprint density at radius 1 is 0.676 bits per heavy atom. The van der Waals surface area contributed by atoms with E-state index in [1.807, 2.05) is 12.1 Å². The summed E-state index contributed by atoms with van der Waals surface area (Å²) < 4.78 is 6.46. The Balaban J connectivity index is 1.26. The normalized spacial score (nSPS) is 14.6. The van der Waals surface area contributed by atoms with Crippen molar-refractivity contribution < 1.29 is 4.12 Å². The number of hydrogen-bond acceptors (Lipinski definition) is 4. The van der Waals surface area contributed by atoms with E-state index in [1.54, 1.807) is 0 Å². The molecule has 0 unspecified atom stereocenters. The third-order valence-corrected chi connectivity index (χ3v) is 13.5. The first-order valence-electron chi connectivity index (χ1n) is 14.4. The number of anilines is 2. The Morgan fingerprint density at radius 2 is 1.14 bits per heavy atom. The molecule has 202 valence electrons. The summed E-state index contributed by atoms with van der Waals surface area (Å²) in [7, 11) is -2.84. The lowest BCUT2D eigenvalue weighted by Gasteiger charge is -2.37. The second kappa shape index (κ2) is 14.2. The molecule has 1 saturated heterocycles. The van der Waals surface area contributed by atoms with E-state index in [1.165, 1.54) is 74.3 Å². The predicted molar refractivity (Wildman–Crippen MR) is 165 cm³/mol. The number of unbranched alkanes of at least 4 members (excludes halogenated alkanes) is 6. The van der Waals surface area contributed by atoms with Crippen molar-refractivity contribution in [3.05, 3.63) is 59.7 Å². The topological polar surface area (TPSA) is 39.5 Å². The fourth-order valence-electron chi connectivity index (χ4n) is 5.49. The van der Waals surface area contributed by atoms with Gasteiger partial charge in [-0.3, -0.25) is 0 Å². The van der Waals surface area contributed by atoms with Gasteiger partial charge in [0.25, 0.3) is 0 Å². The van der Waals surface area contributed by atoms with Gasteiger partial charge < -0.3 is 13.9 Å². The first-order chi connectivity index (χ1) is 17.6. The van der Waals surface area contributed by atoms with Crippen LogP contribution in [0.1, 0.15) is 56.1 Å². The number of benzene rings is 2. The first-order valence-corrected chi connectivity index (χ1v) is 21.0. The highest BCUT2D eigenvalue weighted by atomic mass is 28.4. The summed E-state index contributed by atoms with van der Waals surface area (Å²) in [5.41, 5.74) is 4.74. The third kappa shape index (κ3) is 10.7. The fourth-order valence-corrected chi connectivity index (χ4v) is 13.6. The van der Waals surface area contributed by atoms with E-state index in [-0.39, 0.29) is 0 Å². The molecule has 2 aromatic rings. The van der Waals surface area contributed by atoms with Gasteiger partial charge in [0, 0.05) is 37.6 Å². The van der Waals surface area contributed by atoms with Crippen molar-refractivity contribution in [2.45, 2.75) is 90.1 Å². The van der Waals surface area contributed by atoms with Crippen LogP contribution in [-0.2, 0) is 10.5 Å². The second-order valence-electron chi connectivity index (χ2n) is 12.2. The van der Waals surface area contributed by atoms with E-state index in [4.69, 9.17) is 9.38 Å². The molecule has 0 spiro atoms. The minimum atomic E-state index is -1.45. The number of piperazine rings is 1. The monoisotopic (exact) mass is 535 g/mol. The van der Waals surface area contributed by atoms with Crippen molar-refractivity contribution >= 4 is 28.0 Å². The average molecular weight is 536 g/mol. The lowest BCUT2D eigenvalue weighted by Crippen LogP contribution is -2.46. The van der Waals surface area contributed by atoms with E-state index >= 15 is 0 Å². The Kier molecular flexibility index (Phi) is 11.3. The number of nitriles is 1. The van der Waals surface area contributed by atoms with Gasteiger partial charge in [-0.2, -0.15) is 5.26 Å². The fraction of sp³-hybridized carbons (Fsp3) is 0.581. The van der Waals surface area contributed by atoms with Crippen LogP contribution in [0.3, 0.4) is 0 Å². The summed E-state index contributed by atoms with van der Waals surface area (Å²) in [5.74, 6) is 0. The van der Waals surface area contributed by atoms with Crippen molar-refractivity contribution in [3.63, 3.8) is 0 Å². The third-order valence-electron chi connectivity index (χ3n) is 7.27. The molecule has 4 nitrogen and oxygen atoms in total. The van der Waals surface area contributed by atoms with E-state index in [2.05, 4.69) is 85.0 Å². The van der Waals surface area contributed by atoms with E-state index in [9.17, 15) is 0 Å². The molecule has 3 rings (SSSR count). The van der Waals surface area contributed by atoms with Gasteiger partial charge in [0.05, 0.1) is 11.6 Å². The van der Waals surface area contributed by atoms with Crippen LogP contribution in [-0.4, -0.2) is 42.8 Å². The molecule has 1 aliphatic heterocycles. The Morgan fingerprint density at radius 3 is 1.62 bits per heavy atom. The molecule has 0 amide bonds. The summed E-state index contributed by atoms with van der Waals surface area (Å²) in [5, 5.41) is 9.00. The highest BCUT2D eigenvalue weighted by molar-refractivity contribution is 6.84. The zero-order chi connectivity index (χ0) is 26.7. The summed E-state index contributed by atoms with van der Waals surface area (Å²) in [6.45, 7) is 15.8. The van der Waals surface area contributed by atoms with Crippen LogP contribution in [0.4, 0.5) is 11.4 Å². The van der Waals surface area contributed by atoms with Gasteiger partial charge in [-0.1, -0.05) is 50.7 Å². The molecule has 0 bridgehead atoms. The number of hydrogen-bond donors (Lipinski definition) is 0. The molecule has 0 atom stereocenters. The summed E-state index contributed by atoms with van der Waals surface area (Å²) in [6, 6.07) is 20.8. The largest absolute Gasteiger partial charge is 0.456 e. The summed E-state index contributed by atoms with van der Waals surface area (Å²) in [4.78, 5) is 4.90. The Labute approximate surface area is 228 Å². The minimum absolute atomic E-state index is 0.724. The van der Waals surface area contributed by atoms with Gasteiger partial charge in [-0.15, -0.1) is 0 Å². The van der Waals surface area contributed by atoms with Crippen LogP contribution >= 0.6 is 0 Å². The second-order valence-corrected chi connectivity index (χ2v) is 21.3. The van der Waals surface area contributed by atoms with Crippen LogP contribution in [0.25, 0.3) is 0 Å². The number of aryl methyl sites for hydroxylation is 1. The molecule has 0 N–H and O–H groups in total. The molecule has 0 saturated carbocycles. The van der Waals surface area contributed by atoms with Gasteiger partial charge in [0.1, 0.15) is 0 Å². The Hall–Kier alpha value is -2.08. The van der Waals surface area contributed by atoms with E-state index < -0.39 is 16.6 Å². The van der Waals surface area contributed by atoms with Crippen molar-refractivity contribution in [2.75, 3.05) is 36.0 Å². The molecule has 6 heteroatoms. The zero-order valence-electron chi connectivity index (χ0n) is 24.1. The smallest absolute Gasteiger partial charge is 0.173 e. The van der Waals surface area contributed by atoms with Gasteiger partial charge in [-0.25, -0.2) is 0 Å². The molecular weight excluding hydrogens is 487 g/mol. The zero-order valence-corrected chi connectivity index (χ0v) is 26.1. The minimum Gasteiger partial charge on any atom is -0.456 e. The van der Waals surface area contributed by atoms with Crippen molar-refractivity contribution in [3.8, 4) is 6.07 Å². The van der Waals surface area contributed by atoms with E-state index in [0.717, 1.165) is 31.7 Å². The molecule has 0 aromatic heterocycles. The van der Waals surface area contributed by atoms with Crippen molar-refractivity contribution in [1.29, 1.82) is 5.26 Å². The molecule has 1 aliphatic rings. The standard InChI is InChI=1S/C31H49N3OSi2/c1-36(2,3)35-37(4,5)26-12-10-8-6-7-9-11-13-28-14-18-30(19-15-28)33-22-24-34(25-23-33)31-20-16-29(27-32)17-21-31/h14-21H,6-13,22-26H2,1-5H3. The molecular formula is C31H49N3OSi2. The van der Waals surface area contributed by atoms with Gasteiger partial charge >= 0.3 is 0 Å². The van der Waals surface area contributed by atoms with E-state index in [0.29, 0.717) is 0 Å². The van der Waals surface area contributed by atoms with Gasteiger partial charge in [0.2, 0.25) is 0 Å². The molecule has 37 heavy (non-hydrogen) atoms. The number of nitrogens with zero attached hydrogens (tertiary/aromatic N) is 3. The predicted octanol–water partition coefficient (Wildman–Crippen LogP) is 8.21. The maximum atomic E-state index is 9.00. The van der Waals surface area contributed by atoms with Crippen molar-refractivity contribution in [1.82, 2.24) is 0 Å². The van der Waals surface area contributed by atoms with Gasteiger partial charge in [0.15, 0.2) is 16.6 Å². The highest BCUT2D eigenvalue weighted by Gasteiger charge is 2.28. The first kappa shape index (κ1) is 29.5. The molecule has 1 heterocycles. The maximum absolute atomic E-state index is 9.00. The SMILES string of the molecule is C[Si](C)(C)O[Si](C)(C)CCCCCCCCCc1ccc(N2CCN(c3ccc(C#N)cc3)CC2)cc1. The Bertz CT molecular complexity index is 969. The quantitative estimate of drug-likeness (QED) is 0.180. The molecule has 0 aliphatic carbocycles. The van der Waals surface area contributed by atoms with Crippen LogP contribution in [0.5, 0.6) is 0 Å². The lowest BCUT2D eigenvalue weighted by molar-refractivity contribution is 0.534.